The van der Waals surface area contributed by atoms with Crippen LogP contribution in [0.5, 0.6) is 11.5 Å². The standard InChI is InChI=1S/C20H21N3O3/c1-13-5-10-19(26-4)16(11-13)18-12-17(22-23(18)2)20(24)21-14-6-8-15(25-3)9-7-14/h5-12H,1-4H3,(H,21,24). The highest BCUT2D eigenvalue weighted by atomic mass is 16.5. The molecule has 0 aliphatic heterocycles. The molecular weight excluding hydrogens is 330 g/mol. The number of hydrogen-bond acceptors (Lipinski definition) is 4. The number of aromatic nitrogens is 2. The first-order chi connectivity index (χ1) is 12.5. The first-order valence-corrected chi connectivity index (χ1v) is 8.16. The summed E-state index contributed by atoms with van der Waals surface area (Å²) < 4.78 is 12.2. The summed E-state index contributed by atoms with van der Waals surface area (Å²) in [6.45, 7) is 2.01. The van der Waals surface area contributed by atoms with Gasteiger partial charge in [0.15, 0.2) is 5.69 Å². The third-order valence-corrected chi connectivity index (χ3v) is 4.09. The largest absolute Gasteiger partial charge is 0.497 e. The second kappa shape index (κ2) is 7.31. The van der Waals surface area contributed by atoms with E-state index in [9.17, 15) is 4.79 Å². The Morgan fingerprint density at radius 1 is 1.04 bits per heavy atom. The van der Waals surface area contributed by atoms with Gasteiger partial charge in [0.2, 0.25) is 0 Å². The molecule has 0 fully saturated rings. The van der Waals surface area contributed by atoms with Crippen LogP contribution in [0.15, 0.2) is 48.5 Å². The van der Waals surface area contributed by atoms with Gasteiger partial charge in [0, 0.05) is 18.3 Å². The first kappa shape index (κ1) is 17.5. The fraction of sp³-hybridized carbons (Fsp3) is 0.200. The Labute approximate surface area is 152 Å². The molecule has 1 amide bonds. The number of rotatable bonds is 5. The van der Waals surface area contributed by atoms with Gasteiger partial charge in [0.1, 0.15) is 11.5 Å². The summed E-state index contributed by atoms with van der Waals surface area (Å²) >= 11 is 0. The normalized spacial score (nSPS) is 10.5. The Balaban J connectivity index is 1.87. The molecule has 0 unspecified atom stereocenters. The third kappa shape index (κ3) is 3.54. The fourth-order valence-corrected chi connectivity index (χ4v) is 2.72. The topological polar surface area (TPSA) is 65.4 Å². The minimum atomic E-state index is -0.274. The number of aryl methyl sites for hydroxylation is 2. The number of carbonyl (C=O) groups excluding carboxylic acids is 1. The quantitative estimate of drug-likeness (QED) is 0.762. The summed E-state index contributed by atoms with van der Waals surface area (Å²) in [4.78, 5) is 12.5. The van der Waals surface area contributed by atoms with Gasteiger partial charge in [0.05, 0.1) is 19.9 Å². The van der Waals surface area contributed by atoms with Gasteiger partial charge < -0.3 is 14.8 Å². The Morgan fingerprint density at radius 3 is 2.42 bits per heavy atom. The van der Waals surface area contributed by atoms with Gasteiger partial charge in [-0.15, -0.1) is 0 Å². The van der Waals surface area contributed by atoms with Crippen molar-refractivity contribution in [1.82, 2.24) is 9.78 Å². The van der Waals surface area contributed by atoms with E-state index in [0.717, 1.165) is 28.3 Å². The molecule has 6 heteroatoms. The number of benzene rings is 2. The van der Waals surface area contributed by atoms with Crippen molar-refractivity contribution in [2.45, 2.75) is 6.92 Å². The summed E-state index contributed by atoms with van der Waals surface area (Å²) in [5, 5.41) is 7.19. The van der Waals surface area contributed by atoms with Crippen LogP contribution in [0.3, 0.4) is 0 Å². The third-order valence-electron chi connectivity index (χ3n) is 4.09. The molecule has 134 valence electrons. The second-order valence-corrected chi connectivity index (χ2v) is 5.92. The lowest BCUT2D eigenvalue weighted by molar-refractivity contribution is 0.102. The number of carbonyl (C=O) groups is 1. The molecule has 2 aromatic carbocycles. The van der Waals surface area contributed by atoms with Crippen molar-refractivity contribution in [2.75, 3.05) is 19.5 Å². The van der Waals surface area contributed by atoms with Crippen LogP contribution in [0.2, 0.25) is 0 Å². The molecule has 0 radical (unpaired) electrons. The molecule has 1 heterocycles. The number of amides is 1. The van der Waals surface area contributed by atoms with Gasteiger partial charge in [-0.1, -0.05) is 11.6 Å². The molecule has 1 aromatic heterocycles. The maximum atomic E-state index is 12.5. The molecule has 0 aliphatic carbocycles. The minimum Gasteiger partial charge on any atom is -0.497 e. The van der Waals surface area contributed by atoms with Crippen molar-refractivity contribution >= 4 is 11.6 Å². The number of ether oxygens (including phenoxy) is 2. The molecule has 0 aliphatic rings. The van der Waals surface area contributed by atoms with Crippen LogP contribution in [-0.4, -0.2) is 29.9 Å². The fourth-order valence-electron chi connectivity index (χ4n) is 2.72. The van der Waals surface area contributed by atoms with E-state index in [1.54, 1.807) is 56.3 Å². The predicted molar refractivity (Wildman–Crippen MR) is 101 cm³/mol. The summed E-state index contributed by atoms with van der Waals surface area (Å²) in [6, 6.07) is 14.8. The molecule has 0 atom stereocenters. The summed E-state index contributed by atoms with van der Waals surface area (Å²) in [5.41, 5.74) is 3.82. The molecule has 0 bridgehead atoms. The maximum absolute atomic E-state index is 12.5. The number of methoxy groups -OCH3 is 2. The number of hydrogen-bond donors (Lipinski definition) is 1. The molecule has 1 N–H and O–H groups in total. The van der Waals surface area contributed by atoms with Gasteiger partial charge in [-0.05, 0) is 49.4 Å². The van der Waals surface area contributed by atoms with E-state index >= 15 is 0 Å². The number of nitrogens with zero attached hydrogens (tertiary/aromatic N) is 2. The zero-order valence-electron chi connectivity index (χ0n) is 15.2. The highest BCUT2D eigenvalue weighted by molar-refractivity contribution is 6.03. The van der Waals surface area contributed by atoms with Gasteiger partial charge in [-0.2, -0.15) is 5.10 Å². The molecule has 3 aromatic rings. The van der Waals surface area contributed by atoms with E-state index in [-0.39, 0.29) is 5.91 Å². The van der Waals surface area contributed by atoms with Crippen LogP contribution in [0.4, 0.5) is 5.69 Å². The monoisotopic (exact) mass is 351 g/mol. The Bertz CT molecular complexity index is 930. The van der Waals surface area contributed by atoms with Crippen molar-refractivity contribution in [3.8, 4) is 22.8 Å². The van der Waals surface area contributed by atoms with Crippen molar-refractivity contribution in [2.24, 2.45) is 7.05 Å². The average molecular weight is 351 g/mol. The zero-order valence-corrected chi connectivity index (χ0v) is 15.2. The predicted octanol–water partition coefficient (Wildman–Crippen LogP) is 3.67. The first-order valence-electron chi connectivity index (χ1n) is 8.16. The van der Waals surface area contributed by atoms with Crippen LogP contribution in [0, 0.1) is 6.92 Å². The molecule has 0 saturated heterocycles. The van der Waals surface area contributed by atoms with E-state index in [0.29, 0.717) is 11.4 Å². The Hall–Kier alpha value is -3.28. The van der Waals surface area contributed by atoms with E-state index in [4.69, 9.17) is 9.47 Å². The average Bonchev–Trinajstić information content (AvgIpc) is 3.04. The molecule has 26 heavy (non-hydrogen) atoms. The van der Waals surface area contributed by atoms with E-state index in [1.807, 2.05) is 25.1 Å². The van der Waals surface area contributed by atoms with E-state index < -0.39 is 0 Å². The second-order valence-electron chi connectivity index (χ2n) is 5.92. The van der Waals surface area contributed by atoms with Crippen molar-refractivity contribution in [3.63, 3.8) is 0 Å². The van der Waals surface area contributed by atoms with Crippen LogP contribution >= 0.6 is 0 Å². The van der Waals surface area contributed by atoms with Gasteiger partial charge >= 0.3 is 0 Å². The van der Waals surface area contributed by atoms with Crippen LogP contribution in [-0.2, 0) is 7.05 Å². The van der Waals surface area contributed by atoms with Gasteiger partial charge in [-0.3, -0.25) is 9.48 Å². The van der Waals surface area contributed by atoms with Crippen LogP contribution in [0.25, 0.3) is 11.3 Å². The summed E-state index contributed by atoms with van der Waals surface area (Å²) in [5.74, 6) is 1.19. The van der Waals surface area contributed by atoms with Crippen LogP contribution in [0.1, 0.15) is 16.1 Å². The smallest absolute Gasteiger partial charge is 0.276 e. The van der Waals surface area contributed by atoms with Gasteiger partial charge in [-0.25, -0.2) is 0 Å². The lowest BCUT2D eigenvalue weighted by Crippen LogP contribution is -2.12. The summed E-state index contributed by atoms with van der Waals surface area (Å²) in [6.07, 6.45) is 0. The van der Waals surface area contributed by atoms with E-state index in [2.05, 4.69) is 10.4 Å². The van der Waals surface area contributed by atoms with Crippen molar-refractivity contribution in [1.29, 1.82) is 0 Å². The molecule has 3 rings (SSSR count). The molecular formula is C20H21N3O3. The lowest BCUT2D eigenvalue weighted by atomic mass is 10.1. The van der Waals surface area contributed by atoms with Crippen molar-refractivity contribution in [3.05, 3.63) is 59.8 Å². The van der Waals surface area contributed by atoms with E-state index in [1.165, 1.54) is 0 Å². The van der Waals surface area contributed by atoms with Crippen molar-refractivity contribution < 1.29 is 14.3 Å². The maximum Gasteiger partial charge on any atom is 0.276 e. The highest BCUT2D eigenvalue weighted by Gasteiger charge is 2.17. The zero-order chi connectivity index (χ0) is 18.7. The van der Waals surface area contributed by atoms with Crippen LogP contribution < -0.4 is 14.8 Å². The lowest BCUT2D eigenvalue weighted by Gasteiger charge is -2.09. The minimum absolute atomic E-state index is 0.274. The highest BCUT2D eigenvalue weighted by Crippen LogP contribution is 2.31. The number of anilines is 1. The molecule has 0 saturated carbocycles. The SMILES string of the molecule is COc1ccc(NC(=O)c2cc(-c3cc(C)ccc3OC)n(C)n2)cc1. The van der Waals surface area contributed by atoms with Gasteiger partial charge in [0.25, 0.3) is 5.91 Å². The Morgan fingerprint density at radius 2 is 1.77 bits per heavy atom. The number of nitrogens with one attached hydrogen (secondary N) is 1. The molecule has 6 nitrogen and oxygen atoms in total. The summed E-state index contributed by atoms with van der Waals surface area (Å²) in [7, 11) is 5.03. The molecule has 0 spiro atoms. The Kier molecular flexibility index (Phi) is 4.93.